The first kappa shape index (κ1) is 15.9. The van der Waals surface area contributed by atoms with Gasteiger partial charge in [0.1, 0.15) is 18.0 Å². The molecule has 0 radical (unpaired) electrons. The minimum absolute atomic E-state index is 0.206. The van der Waals surface area contributed by atoms with Crippen molar-refractivity contribution in [1.82, 2.24) is 9.38 Å². The zero-order valence-corrected chi connectivity index (χ0v) is 14.0. The van der Waals surface area contributed by atoms with Crippen molar-refractivity contribution < 1.29 is 9.53 Å². The summed E-state index contributed by atoms with van der Waals surface area (Å²) in [6, 6.07) is 22.7. The first-order valence-corrected chi connectivity index (χ1v) is 8.30. The Hall–Kier alpha value is -3.60. The minimum Gasteiger partial charge on any atom is -0.489 e. The lowest BCUT2D eigenvalue weighted by atomic mass is 10.2. The van der Waals surface area contributed by atoms with E-state index in [4.69, 9.17) is 4.74 Å². The topological polar surface area (TPSA) is 55.6 Å². The van der Waals surface area contributed by atoms with E-state index in [1.807, 2.05) is 59.1 Å². The van der Waals surface area contributed by atoms with Gasteiger partial charge in [0.15, 0.2) is 5.82 Å². The van der Waals surface area contributed by atoms with Gasteiger partial charge in [-0.3, -0.25) is 4.79 Å². The highest BCUT2D eigenvalue weighted by atomic mass is 16.5. The molecule has 26 heavy (non-hydrogen) atoms. The Morgan fingerprint density at radius 1 is 0.962 bits per heavy atom. The van der Waals surface area contributed by atoms with Gasteiger partial charge in [0, 0.05) is 11.8 Å². The highest BCUT2D eigenvalue weighted by Crippen LogP contribution is 2.16. The van der Waals surface area contributed by atoms with Gasteiger partial charge in [-0.2, -0.15) is 0 Å². The van der Waals surface area contributed by atoms with Gasteiger partial charge in [-0.15, -0.1) is 0 Å². The van der Waals surface area contributed by atoms with Crippen molar-refractivity contribution in [2.75, 3.05) is 5.32 Å². The smallest absolute Gasteiger partial charge is 0.256 e. The molecular formula is C21H17N3O2. The molecule has 0 unspecified atom stereocenters. The van der Waals surface area contributed by atoms with Crippen molar-refractivity contribution >= 4 is 17.4 Å². The number of fused-ring (bicyclic) bond motifs is 1. The molecule has 5 nitrogen and oxygen atoms in total. The van der Waals surface area contributed by atoms with E-state index >= 15 is 0 Å². The summed E-state index contributed by atoms with van der Waals surface area (Å²) < 4.78 is 7.59. The maximum atomic E-state index is 12.4. The molecule has 0 aliphatic rings. The van der Waals surface area contributed by atoms with Gasteiger partial charge in [-0.05, 0) is 42.0 Å². The van der Waals surface area contributed by atoms with E-state index in [0.29, 0.717) is 18.0 Å². The van der Waals surface area contributed by atoms with Crippen LogP contribution in [0.15, 0.2) is 85.2 Å². The molecule has 4 rings (SSSR count). The molecule has 0 saturated carbocycles. The largest absolute Gasteiger partial charge is 0.489 e. The second-order valence-electron chi connectivity index (χ2n) is 5.85. The molecule has 2 heterocycles. The minimum atomic E-state index is -0.206. The predicted molar refractivity (Wildman–Crippen MR) is 100 cm³/mol. The molecule has 1 N–H and O–H groups in total. The summed E-state index contributed by atoms with van der Waals surface area (Å²) in [6.45, 7) is 0.494. The fraction of sp³-hybridized carbons (Fsp3) is 0.0476. The second kappa shape index (κ2) is 7.11. The van der Waals surface area contributed by atoms with E-state index in [1.54, 1.807) is 30.5 Å². The number of ether oxygens (including phenoxy) is 1. The van der Waals surface area contributed by atoms with E-state index in [9.17, 15) is 4.79 Å². The zero-order valence-electron chi connectivity index (χ0n) is 14.0. The Bertz CT molecular complexity index is 991. The number of amides is 1. The van der Waals surface area contributed by atoms with Gasteiger partial charge in [-0.1, -0.05) is 36.4 Å². The third kappa shape index (κ3) is 3.57. The normalized spacial score (nSPS) is 10.6. The summed E-state index contributed by atoms with van der Waals surface area (Å²) in [5, 5.41) is 2.81. The Balaban J connectivity index is 1.40. The number of anilines is 1. The lowest BCUT2D eigenvalue weighted by Gasteiger charge is -2.07. The summed E-state index contributed by atoms with van der Waals surface area (Å²) >= 11 is 0. The van der Waals surface area contributed by atoms with E-state index in [2.05, 4.69) is 10.3 Å². The molecule has 0 bridgehead atoms. The molecule has 0 aliphatic carbocycles. The van der Waals surface area contributed by atoms with Crippen molar-refractivity contribution in [2.45, 2.75) is 6.61 Å². The molecular weight excluding hydrogens is 326 g/mol. The molecule has 2 aromatic carbocycles. The molecule has 5 heteroatoms. The fourth-order valence-corrected chi connectivity index (χ4v) is 2.63. The maximum Gasteiger partial charge on any atom is 0.256 e. The van der Waals surface area contributed by atoms with Crippen molar-refractivity contribution in [3.8, 4) is 5.75 Å². The Morgan fingerprint density at radius 2 is 1.73 bits per heavy atom. The van der Waals surface area contributed by atoms with Gasteiger partial charge in [0.25, 0.3) is 5.91 Å². The number of rotatable bonds is 5. The summed E-state index contributed by atoms with van der Waals surface area (Å²) in [6.07, 6.45) is 3.67. The van der Waals surface area contributed by atoms with Crippen LogP contribution in [0.25, 0.3) is 5.65 Å². The third-order valence-electron chi connectivity index (χ3n) is 3.97. The average molecular weight is 343 g/mol. The maximum absolute atomic E-state index is 12.4. The van der Waals surface area contributed by atoms with Gasteiger partial charge in [0.2, 0.25) is 0 Å². The number of pyridine rings is 1. The van der Waals surface area contributed by atoms with E-state index in [1.165, 1.54) is 0 Å². The van der Waals surface area contributed by atoms with Crippen molar-refractivity contribution in [3.05, 3.63) is 96.3 Å². The molecule has 0 spiro atoms. The molecule has 128 valence electrons. The number of benzene rings is 2. The number of nitrogens with zero attached hydrogens (tertiary/aromatic N) is 2. The summed E-state index contributed by atoms with van der Waals surface area (Å²) in [5.41, 5.74) is 2.43. The van der Waals surface area contributed by atoms with Crippen molar-refractivity contribution in [2.24, 2.45) is 0 Å². The first-order valence-electron chi connectivity index (χ1n) is 8.30. The van der Waals surface area contributed by atoms with E-state index in [0.717, 1.165) is 17.0 Å². The van der Waals surface area contributed by atoms with Crippen LogP contribution in [0.1, 0.15) is 15.9 Å². The van der Waals surface area contributed by atoms with Crippen LogP contribution in [-0.2, 0) is 6.61 Å². The molecule has 0 fully saturated rings. The van der Waals surface area contributed by atoms with Crippen LogP contribution in [0.5, 0.6) is 5.75 Å². The van der Waals surface area contributed by atoms with Crippen molar-refractivity contribution in [3.63, 3.8) is 0 Å². The Labute approximate surface area is 150 Å². The summed E-state index contributed by atoms with van der Waals surface area (Å²) in [5.74, 6) is 1.03. The van der Waals surface area contributed by atoms with Gasteiger partial charge >= 0.3 is 0 Å². The predicted octanol–water partition coefficient (Wildman–Crippen LogP) is 4.17. The first-order chi connectivity index (χ1) is 12.8. The lowest BCUT2D eigenvalue weighted by molar-refractivity contribution is 0.102. The molecule has 0 saturated heterocycles. The lowest BCUT2D eigenvalue weighted by Crippen LogP contribution is -2.12. The number of carbonyl (C=O) groups is 1. The van der Waals surface area contributed by atoms with E-state index < -0.39 is 0 Å². The quantitative estimate of drug-likeness (QED) is 0.592. The van der Waals surface area contributed by atoms with Crippen LogP contribution >= 0.6 is 0 Å². The molecule has 1 amide bonds. The summed E-state index contributed by atoms with van der Waals surface area (Å²) in [7, 11) is 0. The number of nitrogens with one attached hydrogen (secondary N) is 1. The van der Waals surface area contributed by atoms with Gasteiger partial charge < -0.3 is 14.5 Å². The standard InChI is InChI=1S/C21H17N3O2/c25-21(23-19-14-24-13-5-4-8-20(24)22-19)17-9-11-18(12-10-17)26-15-16-6-2-1-3-7-16/h1-14H,15H2,(H,23,25). The van der Waals surface area contributed by atoms with Crippen molar-refractivity contribution in [1.29, 1.82) is 0 Å². The molecule has 2 aromatic heterocycles. The average Bonchev–Trinajstić information content (AvgIpc) is 3.10. The monoisotopic (exact) mass is 343 g/mol. The van der Waals surface area contributed by atoms with E-state index in [-0.39, 0.29) is 5.91 Å². The van der Waals surface area contributed by atoms with Crippen LogP contribution in [0, 0.1) is 0 Å². The zero-order chi connectivity index (χ0) is 17.8. The highest BCUT2D eigenvalue weighted by molar-refractivity contribution is 6.03. The molecule has 0 atom stereocenters. The number of aromatic nitrogens is 2. The molecule has 4 aromatic rings. The van der Waals surface area contributed by atoms with Crippen LogP contribution in [0.3, 0.4) is 0 Å². The highest BCUT2D eigenvalue weighted by Gasteiger charge is 2.09. The van der Waals surface area contributed by atoms with Crippen LogP contribution in [-0.4, -0.2) is 15.3 Å². The van der Waals surface area contributed by atoms with Crippen LogP contribution in [0.2, 0.25) is 0 Å². The number of hydrogen-bond acceptors (Lipinski definition) is 3. The van der Waals surface area contributed by atoms with Crippen LogP contribution in [0.4, 0.5) is 5.82 Å². The Morgan fingerprint density at radius 3 is 2.50 bits per heavy atom. The number of carbonyl (C=O) groups excluding carboxylic acids is 1. The SMILES string of the molecule is O=C(Nc1cn2ccccc2n1)c1ccc(OCc2ccccc2)cc1. The summed E-state index contributed by atoms with van der Waals surface area (Å²) in [4.78, 5) is 16.7. The second-order valence-corrected chi connectivity index (χ2v) is 5.85. The third-order valence-corrected chi connectivity index (χ3v) is 3.97. The Kier molecular flexibility index (Phi) is 4.35. The van der Waals surface area contributed by atoms with Gasteiger partial charge in [-0.25, -0.2) is 4.98 Å². The molecule has 0 aliphatic heterocycles. The van der Waals surface area contributed by atoms with Gasteiger partial charge in [0.05, 0.1) is 6.20 Å². The van der Waals surface area contributed by atoms with Crippen LogP contribution < -0.4 is 10.1 Å². The number of imidazole rings is 1. The number of hydrogen-bond donors (Lipinski definition) is 1. The fourth-order valence-electron chi connectivity index (χ4n) is 2.63.